The fourth-order valence-electron chi connectivity index (χ4n) is 1.90. The molecule has 1 aromatic carbocycles. The molecule has 0 unspecified atom stereocenters. The monoisotopic (exact) mass is 299 g/mol. The highest BCUT2D eigenvalue weighted by molar-refractivity contribution is 7.91. The maximum atomic E-state index is 11.6. The molecule has 1 amide bonds. The van der Waals surface area contributed by atoms with Crippen molar-refractivity contribution in [2.75, 3.05) is 11.5 Å². The van der Waals surface area contributed by atoms with Gasteiger partial charge in [-0.3, -0.25) is 4.79 Å². The molecule has 0 aliphatic carbocycles. The van der Waals surface area contributed by atoms with Crippen molar-refractivity contribution in [2.45, 2.75) is 12.5 Å². The van der Waals surface area contributed by atoms with E-state index in [2.05, 4.69) is 5.32 Å². The maximum absolute atomic E-state index is 11.6. The van der Waals surface area contributed by atoms with Gasteiger partial charge in [-0.25, -0.2) is 8.42 Å². The molecule has 0 spiro atoms. The SMILES string of the molecule is O=C(/C=C/c1ccc(Cl)cc1)N[C@H]1CCS(=O)(=O)C1. The van der Waals surface area contributed by atoms with Crippen LogP contribution in [0.4, 0.5) is 0 Å². The Kier molecular flexibility index (Phi) is 4.27. The lowest BCUT2D eigenvalue weighted by Crippen LogP contribution is -2.34. The predicted molar refractivity (Wildman–Crippen MR) is 75.7 cm³/mol. The lowest BCUT2D eigenvalue weighted by atomic mass is 10.2. The molecule has 1 aliphatic rings. The summed E-state index contributed by atoms with van der Waals surface area (Å²) in [6.45, 7) is 0. The molecule has 1 fully saturated rings. The number of benzene rings is 1. The van der Waals surface area contributed by atoms with E-state index in [1.807, 2.05) is 0 Å². The van der Waals surface area contributed by atoms with E-state index in [4.69, 9.17) is 11.6 Å². The Morgan fingerprint density at radius 2 is 2.00 bits per heavy atom. The zero-order valence-electron chi connectivity index (χ0n) is 10.2. The molecule has 2 rings (SSSR count). The third-order valence-corrected chi connectivity index (χ3v) is 4.90. The van der Waals surface area contributed by atoms with E-state index in [0.717, 1.165) is 5.56 Å². The molecule has 0 bridgehead atoms. The van der Waals surface area contributed by atoms with Crippen molar-refractivity contribution >= 4 is 33.4 Å². The molecule has 1 N–H and O–H groups in total. The number of amides is 1. The highest BCUT2D eigenvalue weighted by Crippen LogP contribution is 2.12. The quantitative estimate of drug-likeness (QED) is 0.863. The minimum Gasteiger partial charge on any atom is -0.349 e. The van der Waals surface area contributed by atoms with Crippen LogP contribution in [0.1, 0.15) is 12.0 Å². The number of hydrogen-bond acceptors (Lipinski definition) is 3. The number of nitrogens with one attached hydrogen (secondary N) is 1. The van der Waals surface area contributed by atoms with Crippen LogP contribution in [0, 0.1) is 0 Å². The van der Waals surface area contributed by atoms with Crippen molar-refractivity contribution in [1.29, 1.82) is 0 Å². The van der Waals surface area contributed by atoms with E-state index >= 15 is 0 Å². The second-order valence-corrected chi connectivity index (χ2v) is 7.16. The molecule has 4 nitrogen and oxygen atoms in total. The van der Waals surface area contributed by atoms with Crippen LogP contribution < -0.4 is 5.32 Å². The van der Waals surface area contributed by atoms with Gasteiger partial charge in [0, 0.05) is 17.1 Å². The summed E-state index contributed by atoms with van der Waals surface area (Å²) in [4.78, 5) is 11.6. The largest absolute Gasteiger partial charge is 0.349 e. The van der Waals surface area contributed by atoms with Crippen LogP contribution in [-0.2, 0) is 14.6 Å². The number of carbonyl (C=O) groups excluding carboxylic acids is 1. The number of sulfone groups is 1. The molecular formula is C13H14ClNO3S. The van der Waals surface area contributed by atoms with E-state index in [-0.39, 0.29) is 23.5 Å². The molecule has 0 radical (unpaired) electrons. The zero-order chi connectivity index (χ0) is 13.9. The van der Waals surface area contributed by atoms with Gasteiger partial charge in [0.2, 0.25) is 5.91 Å². The van der Waals surface area contributed by atoms with Crippen LogP contribution in [-0.4, -0.2) is 31.9 Å². The zero-order valence-corrected chi connectivity index (χ0v) is 11.7. The third-order valence-electron chi connectivity index (χ3n) is 2.88. The van der Waals surface area contributed by atoms with Crippen molar-refractivity contribution in [3.8, 4) is 0 Å². The standard InChI is InChI=1S/C13H14ClNO3S/c14-11-4-1-10(2-5-11)3-6-13(16)15-12-7-8-19(17,18)9-12/h1-6,12H,7-9H2,(H,15,16)/b6-3+/t12-/m0/s1. The molecular weight excluding hydrogens is 286 g/mol. The summed E-state index contributed by atoms with van der Waals surface area (Å²) < 4.78 is 22.5. The average Bonchev–Trinajstić information content (AvgIpc) is 2.68. The van der Waals surface area contributed by atoms with Crippen LogP contribution in [0.5, 0.6) is 0 Å². The minimum atomic E-state index is -2.97. The summed E-state index contributed by atoms with van der Waals surface area (Å²) in [5, 5.41) is 3.32. The van der Waals surface area contributed by atoms with Crippen LogP contribution in [0.3, 0.4) is 0 Å². The van der Waals surface area contributed by atoms with Gasteiger partial charge in [-0.1, -0.05) is 23.7 Å². The smallest absolute Gasteiger partial charge is 0.244 e. The van der Waals surface area contributed by atoms with Crippen molar-refractivity contribution in [1.82, 2.24) is 5.32 Å². The van der Waals surface area contributed by atoms with Gasteiger partial charge in [0.1, 0.15) is 0 Å². The molecule has 19 heavy (non-hydrogen) atoms. The van der Waals surface area contributed by atoms with E-state index in [1.165, 1.54) is 6.08 Å². The molecule has 0 saturated carbocycles. The molecule has 1 atom stereocenters. The van der Waals surface area contributed by atoms with Crippen molar-refractivity contribution < 1.29 is 13.2 Å². The van der Waals surface area contributed by atoms with E-state index in [9.17, 15) is 13.2 Å². The maximum Gasteiger partial charge on any atom is 0.244 e. The molecule has 1 saturated heterocycles. The van der Waals surface area contributed by atoms with Gasteiger partial charge >= 0.3 is 0 Å². The Morgan fingerprint density at radius 3 is 2.58 bits per heavy atom. The summed E-state index contributed by atoms with van der Waals surface area (Å²) in [5.41, 5.74) is 0.860. The first kappa shape index (κ1) is 14.1. The number of halogens is 1. The highest BCUT2D eigenvalue weighted by Gasteiger charge is 2.28. The van der Waals surface area contributed by atoms with Gasteiger partial charge in [-0.05, 0) is 30.2 Å². The van der Waals surface area contributed by atoms with Gasteiger partial charge in [-0.2, -0.15) is 0 Å². The van der Waals surface area contributed by atoms with Gasteiger partial charge in [0.15, 0.2) is 9.84 Å². The Bertz CT molecular complexity index is 593. The van der Waals surface area contributed by atoms with Crippen molar-refractivity contribution in [3.63, 3.8) is 0 Å². The number of hydrogen-bond donors (Lipinski definition) is 1. The summed E-state index contributed by atoms with van der Waals surface area (Å²) >= 11 is 5.75. The van der Waals surface area contributed by atoms with Gasteiger partial charge in [0.05, 0.1) is 11.5 Å². The first-order valence-corrected chi connectivity index (χ1v) is 8.09. The lowest BCUT2D eigenvalue weighted by molar-refractivity contribution is -0.116. The first-order chi connectivity index (χ1) is 8.94. The van der Waals surface area contributed by atoms with E-state index < -0.39 is 9.84 Å². The van der Waals surface area contributed by atoms with E-state index in [0.29, 0.717) is 11.4 Å². The Balaban J connectivity index is 1.89. The van der Waals surface area contributed by atoms with Gasteiger partial charge in [0.25, 0.3) is 0 Å². The van der Waals surface area contributed by atoms with Crippen molar-refractivity contribution in [2.24, 2.45) is 0 Å². The minimum absolute atomic E-state index is 0.0352. The summed E-state index contributed by atoms with van der Waals surface area (Å²) in [5.74, 6) is -0.0936. The van der Waals surface area contributed by atoms with Crippen LogP contribution >= 0.6 is 11.6 Å². The molecule has 0 aromatic heterocycles. The molecule has 1 aromatic rings. The second-order valence-electron chi connectivity index (χ2n) is 4.49. The first-order valence-electron chi connectivity index (χ1n) is 5.89. The van der Waals surface area contributed by atoms with Crippen LogP contribution in [0.2, 0.25) is 5.02 Å². The summed E-state index contributed by atoms with van der Waals surface area (Å²) in [6, 6.07) is 6.80. The Hall–Kier alpha value is -1.33. The predicted octanol–water partition coefficient (Wildman–Crippen LogP) is 1.66. The fourth-order valence-corrected chi connectivity index (χ4v) is 3.70. The normalized spacial score (nSPS) is 21.6. The molecule has 102 valence electrons. The number of rotatable bonds is 3. The Labute approximate surface area is 117 Å². The van der Waals surface area contributed by atoms with Crippen LogP contribution in [0.15, 0.2) is 30.3 Å². The molecule has 1 aliphatic heterocycles. The second kappa shape index (κ2) is 5.75. The average molecular weight is 300 g/mol. The Morgan fingerprint density at radius 1 is 1.32 bits per heavy atom. The fraction of sp³-hybridized carbons (Fsp3) is 0.308. The molecule has 1 heterocycles. The lowest BCUT2D eigenvalue weighted by Gasteiger charge is -2.07. The van der Waals surface area contributed by atoms with Crippen LogP contribution in [0.25, 0.3) is 6.08 Å². The third kappa shape index (κ3) is 4.36. The summed E-state index contributed by atoms with van der Waals surface area (Å²) in [6.07, 6.45) is 3.55. The topological polar surface area (TPSA) is 63.2 Å². The van der Waals surface area contributed by atoms with Gasteiger partial charge < -0.3 is 5.32 Å². The van der Waals surface area contributed by atoms with Crippen molar-refractivity contribution in [3.05, 3.63) is 40.9 Å². The van der Waals surface area contributed by atoms with Gasteiger partial charge in [-0.15, -0.1) is 0 Å². The number of carbonyl (C=O) groups is 1. The summed E-state index contributed by atoms with van der Waals surface area (Å²) in [7, 11) is -2.97. The molecule has 6 heteroatoms. The van der Waals surface area contributed by atoms with E-state index in [1.54, 1.807) is 30.3 Å². The highest BCUT2D eigenvalue weighted by atomic mass is 35.5.